The lowest BCUT2D eigenvalue weighted by Crippen LogP contribution is -2.46. The molecule has 2 heterocycles. The van der Waals surface area contributed by atoms with Crippen LogP contribution in [0.2, 0.25) is 10.0 Å². The summed E-state index contributed by atoms with van der Waals surface area (Å²) in [6.07, 6.45) is 1.90. The Morgan fingerprint density at radius 3 is 2.41 bits per heavy atom. The number of sulfonamides is 1. The number of hydrogen-bond acceptors (Lipinski definition) is 4. The Hall–Kier alpha value is -1.76. The molecule has 0 radical (unpaired) electrons. The monoisotopic (exact) mass is 424 g/mol. The van der Waals surface area contributed by atoms with Crippen molar-refractivity contribution in [3.63, 3.8) is 0 Å². The molecule has 5 nitrogen and oxygen atoms in total. The van der Waals surface area contributed by atoms with Crippen molar-refractivity contribution in [1.82, 2.24) is 4.90 Å². The Balaban J connectivity index is 1.57. The molecule has 1 saturated heterocycles. The van der Waals surface area contributed by atoms with Crippen LogP contribution >= 0.6 is 23.2 Å². The molecule has 2 aromatic carbocycles. The molecule has 1 atom stereocenters. The standard InChI is InChI=1S/C19H18Cl2N2O3S/c20-14-10-15(21)12-17(11-14)26-16-5-3-13(4-6-16)18-2-1-7-23-8-9-27(24,25)22-19(18)23/h3-6,10-12,18H,1-2,7-9H2. The summed E-state index contributed by atoms with van der Waals surface area (Å²) in [5.41, 5.74) is 1.03. The lowest BCUT2D eigenvalue weighted by Gasteiger charge is -2.37. The summed E-state index contributed by atoms with van der Waals surface area (Å²) in [6.45, 7) is 1.38. The van der Waals surface area contributed by atoms with Gasteiger partial charge in [0.05, 0.1) is 5.75 Å². The minimum absolute atomic E-state index is 0.0107. The van der Waals surface area contributed by atoms with Gasteiger partial charge in [0.2, 0.25) is 0 Å². The Bertz CT molecular complexity index is 970. The summed E-state index contributed by atoms with van der Waals surface area (Å²) in [5, 5.41) is 1.01. The first-order valence-corrected chi connectivity index (χ1v) is 11.1. The van der Waals surface area contributed by atoms with E-state index in [-0.39, 0.29) is 11.7 Å². The molecule has 0 aliphatic carbocycles. The smallest absolute Gasteiger partial charge is 0.256 e. The predicted octanol–water partition coefficient (Wildman–Crippen LogP) is 4.71. The molecule has 0 amide bonds. The van der Waals surface area contributed by atoms with E-state index in [1.54, 1.807) is 18.2 Å². The number of halogens is 2. The van der Waals surface area contributed by atoms with Crippen LogP contribution in [0.25, 0.3) is 0 Å². The lowest BCUT2D eigenvalue weighted by atomic mass is 9.89. The van der Waals surface area contributed by atoms with E-state index in [2.05, 4.69) is 9.30 Å². The highest BCUT2D eigenvalue weighted by Crippen LogP contribution is 2.33. The number of fused-ring (bicyclic) bond motifs is 1. The number of nitrogens with zero attached hydrogens (tertiary/aromatic N) is 2. The average Bonchev–Trinajstić information content (AvgIpc) is 2.60. The zero-order valence-electron chi connectivity index (χ0n) is 14.4. The summed E-state index contributed by atoms with van der Waals surface area (Å²) in [7, 11) is -3.35. The maximum atomic E-state index is 11.9. The number of piperidine rings is 1. The van der Waals surface area contributed by atoms with Crippen molar-refractivity contribution < 1.29 is 13.2 Å². The van der Waals surface area contributed by atoms with Gasteiger partial charge in [-0.3, -0.25) is 0 Å². The van der Waals surface area contributed by atoms with E-state index in [9.17, 15) is 8.42 Å². The fourth-order valence-corrected chi connectivity index (χ4v) is 5.10. The van der Waals surface area contributed by atoms with Gasteiger partial charge in [0, 0.05) is 29.1 Å². The number of hydrogen-bond donors (Lipinski definition) is 0. The van der Waals surface area contributed by atoms with Crippen molar-refractivity contribution >= 4 is 39.1 Å². The average molecular weight is 425 g/mol. The van der Waals surface area contributed by atoms with E-state index in [1.807, 2.05) is 24.3 Å². The molecule has 0 N–H and O–H groups in total. The predicted molar refractivity (Wildman–Crippen MR) is 108 cm³/mol. The summed E-state index contributed by atoms with van der Waals surface area (Å²) in [6, 6.07) is 12.7. The van der Waals surface area contributed by atoms with Crippen LogP contribution in [-0.4, -0.2) is 38.0 Å². The Labute approximate surface area is 168 Å². The lowest BCUT2D eigenvalue weighted by molar-refractivity contribution is 0.366. The van der Waals surface area contributed by atoms with Gasteiger partial charge in [0.25, 0.3) is 10.0 Å². The summed E-state index contributed by atoms with van der Waals surface area (Å²) < 4.78 is 33.8. The zero-order chi connectivity index (χ0) is 19.0. The third-order valence-electron chi connectivity index (χ3n) is 4.76. The number of amidine groups is 1. The minimum Gasteiger partial charge on any atom is -0.457 e. The van der Waals surface area contributed by atoms with Gasteiger partial charge < -0.3 is 9.64 Å². The van der Waals surface area contributed by atoms with Crippen molar-refractivity contribution in [3.8, 4) is 11.5 Å². The quantitative estimate of drug-likeness (QED) is 0.715. The maximum Gasteiger partial charge on any atom is 0.256 e. The second-order valence-corrected chi connectivity index (χ2v) is 9.32. The van der Waals surface area contributed by atoms with E-state index in [1.165, 1.54) is 0 Å². The molecule has 4 rings (SSSR count). The van der Waals surface area contributed by atoms with E-state index in [0.29, 0.717) is 33.9 Å². The van der Waals surface area contributed by atoms with Crippen molar-refractivity contribution in [1.29, 1.82) is 0 Å². The van der Waals surface area contributed by atoms with E-state index in [4.69, 9.17) is 27.9 Å². The van der Waals surface area contributed by atoms with Crippen LogP contribution < -0.4 is 4.74 Å². The van der Waals surface area contributed by atoms with Crippen LogP contribution in [0.3, 0.4) is 0 Å². The van der Waals surface area contributed by atoms with Gasteiger partial charge in [-0.05, 0) is 48.7 Å². The van der Waals surface area contributed by atoms with Crippen LogP contribution in [0.5, 0.6) is 11.5 Å². The summed E-state index contributed by atoms with van der Waals surface area (Å²) in [4.78, 5) is 2.09. The van der Waals surface area contributed by atoms with Gasteiger partial charge in [-0.1, -0.05) is 35.3 Å². The van der Waals surface area contributed by atoms with Crippen molar-refractivity contribution in [2.75, 3.05) is 18.8 Å². The number of rotatable bonds is 3. The molecule has 2 aliphatic heterocycles. The molecule has 1 unspecified atom stereocenters. The molecule has 1 fully saturated rings. The molecular formula is C19H18Cl2N2O3S. The van der Waals surface area contributed by atoms with Crippen LogP contribution in [-0.2, 0) is 10.0 Å². The first-order valence-electron chi connectivity index (χ1n) is 8.71. The van der Waals surface area contributed by atoms with E-state index < -0.39 is 10.0 Å². The molecule has 0 spiro atoms. The first-order chi connectivity index (χ1) is 12.9. The molecule has 0 saturated carbocycles. The van der Waals surface area contributed by atoms with Gasteiger partial charge in [-0.2, -0.15) is 0 Å². The molecule has 0 bridgehead atoms. The van der Waals surface area contributed by atoms with Gasteiger partial charge >= 0.3 is 0 Å². The maximum absolute atomic E-state index is 11.9. The largest absolute Gasteiger partial charge is 0.457 e. The van der Waals surface area contributed by atoms with Gasteiger partial charge in [0.1, 0.15) is 17.3 Å². The van der Waals surface area contributed by atoms with Crippen LogP contribution in [0, 0.1) is 0 Å². The van der Waals surface area contributed by atoms with Gasteiger partial charge in [0.15, 0.2) is 0 Å². The normalized spacial score (nSPS) is 21.3. The number of benzene rings is 2. The van der Waals surface area contributed by atoms with Gasteiger partial charge in [-0.25, -0.2) is 8.42 Å². The van der Waals surface area contributed by atoms with E-state index >= 15 is 0 Å². The Kier molecular flexibility index (Phi) is 5.05. The highest BCUT2D eigenvalue weighted by atomic mass is 35.5. The highest BCUT2D eigenvalue weighted by molar-refractivity contribution is 7.90. The fraction of sp³-hybridized carbons (Fsp3) is 0.316. The third kappa shape index (κ3) is 4.23. The summed E-state index contributed by atoms with van der Waals surface area (Å²) >= 11 is 12.0. The molecule has 2 aliphatic rings. The fourth-order valence-electron chi connectivity index (χ4n) is 3.52. The molecule has 0 aromatic heterocycles. The van der Waals surface area contributed by atoms with Crippen LogP contribution in [0.15, 0.2) is 46.9 Å². The second-order valence-electron chi connectivity index (χ2n) is 6.69. The summed E-state index contributed by atoms with van der Waals surface area (Å²) in [5.74, 6) is 1.97. The van der Waals surface area contributed by atoms with E-state index in [0.717, 1.165) is 24.9 Å². The highest BCUT2D eigenvalue weighted by Gasteiger charge is 2.33. The van der Waals surface area contributed by atoms with Gasteiger partial charge in [-0.15, -0.1) is 4.40 Å². The molecule has 142 valence electrons. The Morgan fingerprint density at radius 2 is 1.70 bits per heavy atom. The van der Waals surface area contributed by atoms with Crippen molar-refractivity contribution in [2.24, 2.45) is 4.40 Å². The molecule has 8 heteroatoms. The zero-order valence-corrected chi connectivity index (χ0v) is 16.8. The first kappa shape index (κ1) is 18.6. The van der Waals surface area contributed by atoms with Crippen molar-refractivity contribution in [2.45, 2.75) is 18.8 Å². The second kappa shape index (κ2) is 7.34. The topological polar surface area (TPSA) is 59.0 Å². The SMILES string of the molecule is O=S1(=O)CCN2CCCC(c3ccc(Oc4cc(Cl)cc(Cl)c4)cc3)C2=N1. The molecular weight excluding hydrogens is 407 g/mol. The minimum atomic E-state index is -3.35. The Morgan fingerprint density at radius 1 is 1.00 bits per heavy atom. The van der Waals surface area contributed by atoms with Crippen LogP contribution in [0.4, 0.5) is 0 Å². The molecule has 2 aromatic rings. The van der Waals surface area contributed by atoms with Crippen molar-refractivity contribution in [3.05, 3.63) is 58.1 Å². The number of ether oxygens (including phenoxy) is 1. The third-order valence-corrected chi connectivity index (χ3v) is 6.36. The molecule has 27 heavy (non-hydrogen) atoms. The van der Waals surface area contributed by atoms with Crippen LogP contribution in [0.1, 0.15) is 24.3 Å².